The highest BCUT2D eigenvalue weighted by molar-refractivity contribution is 5.16. The molecule has 3 N–H and O–H groups in total. The third-order valence-electron chi connectivity index (χ3n) is 2.25. The van der Waals surface area contributed by atoms with E-state index in [9.17, 15) is 13.2 Å². The van der Waals surface area contributed by atoms with Crippen molar-refractivity contribution in [1.29, 1.82) is 0 Å². The van der Waals surface area contributed by atoms with Gasteiger partial charge in [-0.1, -0.05) is 6.07 Å². The number of hydrazine groups is 1. The summed E-state index contributed by atoms with van der Waals surface area (Å²) in [5, 5.41) is 0. The molecule has 6 heteroatoms. The van der Waals surface area contributed by atoms with E-state index >= 15 is 0 Å². The maximum Gasteiger partial charge on any atom is 0.389 e. The summed E-state index contributed by atoms with van der Waals surface area (Å²) in [5.74, 6) is 5.23. The van der Waals surface area contributed by atoms with E-state index in [-0.39, 0.29) is 6.42 Å². The van der Waals surface area contributed by atoms with E-state index in [1.807, 2.05) is 6.92 Å². The van der Waals surface area contributed by atoms with Crippen LogP contribution in [0.15, 0.2) is 18.3 Å². The van der Waals surface area contributed by atoms with Gasteiger partial charge in [-0.15, -0.1) is 0 Å². The fourth-order valence-electron chi connectivity index (χ4n) is 1.34. The minimum atomic E-state index is -4.16. The molecule has 0 spiro atoms. The summed E-state index contributed by atoms with van der Waals surface area (Å²) in [7, 11) is 0. The molecule has 0 aromatic carbocycles. The van der Waals surface area contributed by atoms with Crippen LogP contribution < -0.4 is 11.3 Å². The van der Waals surface area contributed by atoms with Crippen LogP contribution in [-0.4, -0.2) is 11.2 Å². The van der Waals surface area contributed by atoms with Crippen molar-refractivity contribution in [2.24, 2.45) is 5.84 Å². The van der Waals surface area contributed by atoms with E-state index in [2.05, 4.69) is 10.4 Å². The Morgan fingerprint density at radius 2 is 2.12 bits per heavy atom. The fourth-order valence-corrected chi connectivity index (χ4v) is 1.34. The zero-order valence-corrected chi connectivity index (χ0v) is 8.88. The summed E-state index contributed by atoms with van der Waals surface area (Å²) in [5.41, 5.74) is 3.85. The second-order valence-corrected chi connectivity index (χ2v) is 3.61. The van der Waals surface area contributed by atoms with Crippen molar-refractivity contribution in [2.45, 2.75) is 32.0 Å². The Morgan fingerprint density at radius 3 is 2.56 bits per heavy atom. The molecule has 0 aliphatic rings. The van der Waals surface area contributed by atoms with Crippen LogP contribution in [0.25, 0.3) is 0 Å². The lowest BCUT2D eigenvalue weighted by Gasteiger charge is -2.17. The van der Waals surface area contributed by atoms with Crippen molar-refractivity contribution < 1.29 is 13.2 Å². The van der Waals surface area contributed by atoms with Crippen molar-refractivity contribution in [2.75, 3.05) is 0 Å². The number of rotatable bonds is 4. The van der Waals surface area contributed by atoms with Crippen molar-refractivity contribution in [1.82, 2.24) is 10.4 Å². The molecule has 0 saturated heterocycles. The zero-order valence-electron chi connectivity index (χ0n) is 8.88. The SMILES string of the molecule is Cc1ccc(C(CCC(F)(F)F)NN)cn1. The topological polar surface area (TPSA) is 50.9 Å². The van der Waals surface area contributed by atoms with Gasteiger partial charge in [0.15, 0.2) is 0 Å². The van der Waals surface area contributed by atoms with Gasteiger partial charge in [-0.3, -0.25) is 16.3 Å². The lowest BCUT2D eigenvalue weighted by Crippen LogP contribution is -2.29. The van der Waals surface area contributed by atoms with Crippen LogP contribution in [0.1, 0.15) is 30.1 Å². The molecule has 0 aliphatic carbocycles. The normalized spacial score (nSPS) is 13.8. The minimum Gasteiger partial charge on any atom is -0.271 e. The number of pyridine rings is 1. The molecule has 0 aliphatic heterocycles. The van der Waals surface area contributed by atoms with Gasteiger partial charge in [0.1, 0.15) is 0 Å². The molecule has 90 valence electrons. The maximum absolute atomic E-state index is 12.0. The molecule has 1 atom stereocenters. The van der Waals surface area contributed by atoms with Gasteiger partial charge in [0.2, 0.25) is 0 Å². The monoisotopic (exact) mass is 233 g/mol. The first-order valence-corrected chi connectivity index (χ1v) is 4.88. The fraction of sp³-hybridized carbons (Fsp3) is 0.500. The van der Waals surface area contributed by atoms with Crippen molar-refractivity contribution in [3.63, 3.8) is 0 Å². The number of nitrogens with zero attached hydrogens (tertiary/aromatic N) is 1. The van der Waals surface area contributed by atoms with Crippen LogP contribution in [0.2, 0.25) is 0 Å². The Labute approximate surface area is 91.8 Å². The van der Waals surface area contributed by atoms with Crippen molar-refractivity contribution in [3.05, 3.63) is 29.6 Å². The number of hydrogen-bond acceptors (Lipinski definition) is 3. The molecule has 1 heterocycles. The first-order chi connectivity index (χ1) is 7.42. The van der Waals surface area contributed by atoms with Gasteiger partial charge < -0.3 is 0 Å². The number of aryl methyl sites for hydroxylation is 1. The minimum absolute atomic E-state index is 0.0925. The number of aromatic nitrogens is 1. The third-order valence-corrected chi connectivity index (χ3v) is 2.25. The Bertz CT molecular complexity index is 321. The smallest absolute Gasteiger partial charge is 0.271 e. The predicted octanol–water partition coefficient (Wildman–Crippen LogP) is 2.24. The number of halogens is 3. The first-order valence-electron chi connectivity index (χ1n) is 4.88. The largest absolute Gasteiger partial charge is 0.389 e. The summed E-state index contributed by atoms with van der Waals surface area (Å²) in [6.45, 7) is 1.81. The van der Waals surface area contributed by atoms with Crippen LogP contribution in [0.3, 0.4) is 0 Å². The van der Waals surface area contributed by atoms with Crippen LogP contribution in [0.4, 0.5) is 13.2 Å². The summed E-state index contributed by atoms with van der Waals surface area (Å²) in [6.07, 6.45) is -3.58. The molecule has 0 saturated carbocycles. The molecule has 1 unspecified atom stereocenters. The zero-order chi connectivity index (χ0) is 12.2. The van der Waals surface area contributed by atoms with Gasteiger partial charge in [-0.2, -0.15) is 13.2 Å². The lowest BCUT2D eigenvalue weighted by molar-refractivity contribution is -0.136. The van der Waals surface area contributed by atoms with E-state index in [0.717, 1.165) is 5.69 Å². The van der Waals surface area contributed by atoms with Crippen LogP contribution >= 0.6 is 0 Å². The van der Waals surface area contributed by atoms with E-state index in [1.54, 1.807) is 12.1 Å². The second-order valence-electron chi connectivity index (χ2n) is 3.61. The highest BCUT2D eigenvalue weighted by Gasteiger charge is 2.28. The summed E-state index contributed by atoms with van der Waals surface area (Å²) in [6, 6.07) is 2.95. The summed E-state index contributed by atoms with van der Waals surface area (Å²) >= 11 is 0. The van der Waals surface area contributed by atoms with Crippen LogP contribution in [-0.2, 0) is 0 Å². The van der Waals surface area contributed by atoms with Crippen molar-refractivity contribution in [3.8, 4) is 0 Å². The van der Waals surface area contributed by atoms with Crippen LogP contribution in [0, 0.1) is 6.92 Å². The number of nitrogens with two attached hydrogens (primary N) is 1. The van der Waals surface area contributed by atoms with Gasteiger partial charge in [0.05, 0.1) is 0 Å². The Hall–Kier alpha value is -1.14. The van der Waals surface area contributed by atoms with E-state index in [1.165, 1.54) is 6.20 Å². The summed E-state index contributed by atoms with van der Waals surface area (Å²) in [4.78, 5) is 4.02. The lowest BCUT2D eigenvalue weighted by atomic mass is 10.0. The Morgan fingerprint density at radius 1 is 1.44 bits per heavy atom. The van der Waals surface area contributed by atoms with Gasteiger partial charge in [0, 0.05) is 24.4 Å². The van der Waals surface area contributed by atoms with Gasteiger partial charge in [-0.25, -0.2) is 0 Å². The standard InChI is InChI=1S/C10H14F3N3/c1-7-2-3-8(6-15-7)9(16-14)4-5-10(11,12)13/h2-3,6,9,16H,4-5,14H2,1H3. The molecule has 0 radical (unpaired) electrons. The van der Waals surface area contributed by atoms with Gasteiger partial charge in [-0.05, 0) is 25.0 Å². The van der Waals surface area contributed by atoms with E-state index in [0.29, 0.717) is 5.56 Å². The van der Waals surface area contributed by atoms with E-state index < -0.39 is 18.6 Å². The molecule has 1 aromatic rings. The number of nitrogens with one attached hydrogen (secondary N) is 1. The molecule has 0 bridgehead atoms. The average molecular weight is 233 g/mol. The highest BCUT2D eigenvalue weighted by atomic mass is 19.4. The Balaban J connectivity index is 2.64. The molecule has 3 nitrogen and oxygen atoms in total. The summed E-state index contributed by atoms with van der Waals surface area (Å²) < 4.78 is 36.1. The quantitative estimate of drug-likeness (QED) is 0.619. The number of hydrogen-bond donors (Lipinski definition) is 2. The predicted molar refractivity (Wildman–Crippen MR) is 54.3 cm³/mol. The highest BCUT2D eigenvalue weighted by Crippen LogP contribution is 2.26. The second kappa shape index (κ2) is 5.27. The molecular formula is C10H14F3N3. The number of alkyl halides is 3. The first kappa shape index (κ1) is 12.9. The maximum atomic E-state index is 12.0. The molecule has 0 amide bonds. The van der Waals surface area contributed by atoms with Crippen LogP contribution in [0.5, 0.6) is 0 Å². The third kappa shape index (κ3) is 4.16. The van der Waals surface area contributed by atoms with Gasteiger partial charge in [0.25, 0.3) is 0 Å². The van der Waals surface area contributed by atoms with E-state index in [4.69, 9.17) is 5.84 Å². The average Bonchev–Trinajstić information content (AvgIpc) is 2.20. The van der Waals surface area contributed by atoms with Crippen molar-refractivity contribution >= 4 is 0 Å². The molecule has 1 rings (SSSR count). The molecular weight excluding hydrogens is 219 g/mol. The molecule has 16 heavy (non-hydrogen) atoms. The Kier molecular flexibility index (Phi) is 4.26. The molecule has 0 fully saturated rings. The molecule has 1 aromatic heterocycles. The van der Waals surface area contributed by atoms with Gasteiger partial charge >= 0.3 is 6.18 Å².